The molecule has 0 aliphatic carbocycles. The number of aromatic nitrogens is 4. The zero-order valence-electron chi connectivity index (χ0n) is 24.0. The van der Waals surface area contributed by atoms with E-state index in [0.717, 1.165) is 6.42 Å². The van der Waals surface area contributed by atoms with Gasteiger partial charge in [-0.2, -0.15) is 11.8 Å². The zero-order valence-corrected chi connectivity index (χ0v) is 24.8. The van der Waals surface area contributed by atoms with Crippen LogP contribution in [0.15, 0.2) is 12.7 Å². The zero-order chi connectivity index (χ0) is 29.5. The molecule has 0 radical (unpaired) electrons. The lowest BCUT2D eigenvalue weighted by Gasteiger charge is -2.37. The first-order chi connectivity index (χ1) is 19.3. The lowest BCUT2D eigenvalue weighted by Crippen LogP contribution is -2.50. The average Bonchev–Trinajstić information content (AvgIpc) is 3.53. The van der Waals surface area contributed by atoms with Gasteiger partial charge in [-0.15, -0.1) is 0 Å². The van der Waals surface area contributed by atoms with Crippen LogP contribution in [0, 0.1) is 0 Å². The second kappa shape index (κ2) is 11.5. The number of carboxylic acid groups (broad SMARTS) is 1. The number of amides is 1. The number of nitrogens with two attached hydrogens (primary N) is 1. The molecule has 3 aliphatic rings. The number of piperidine rings is 1. The normalized spacial score (nSPS) is 29.9. The number of carbonyl (C=O) groups is 2. The molecule has 15 heteroatoms. The first kappa shape index (κ1) is 29.8. The van der Waals surface area contributed by atoms with Crippen molar-refractivity contribution in [3.63, 3.8) is 0 Å². The van der Waals surface area contributed by atoms with Gasteiger partial charge in [-0.05, 0) is 47.5 Å². The van der Waals surface area contributed by atoms with Crippen molar-refractivity contribution in [2.75, 3.05) is 31.1 Å². The van der Waals surface area contributed by atoms with Gasteiger partial charge in [-0.1, -0.05) is 0 Å². The number of nitrogens with one attached hydrogen (secondary N) is 1. The predicted molar refractivity (Wildman–Crippen MR) is 150 cm³/mol. The Bertz CT molecular complexity index is 1270. The number of carboxylic acids is 1. The molecule has 2 aromatic rings. The van der Waals surface area contributed by atoms with Crippen molar-refractivity contribution in [3.8, 4) is 0 Å². The Morgan fingerprint density at radius 1 is 1.24 bits per heavy atom. The maximum Gasteiger partial charge on any atom is 0.407 e. The van der Waals surface area contributed by atoms with Crippen molar-refractivity contribution >= 4 is 40.8 Å². The fourth-order valence-electron chi connectivity index (χ4n) is 5.58. The molecule has 3 aliphatic heterocycles. The summed E-state index contributed by atoms with van der Waals surface area (Å²) in [5.41, 5.74) is 6.45. The number of nitrogens with zero attached hydrogens (tertiary/aromatic N) is 5. The second-order valence-electron chi connectivity index (χ2n) is 12.0. The first-order valence-electron chi connectivity index (χ1n) is 13.8. The third-order valence-electron chi connectivity index (χ3n) is 7.30. The Balaban J connectivity index is 1.19. The largest absolute Gasteiger partial charge is 0.480 e. The predicted octanol–water partition coefficient (Wildman–Crippen LogP) is 2.00. The summed E-state index contributed by atoms with van der Waals surface area (Å²) in [6, 6.07) is -0.640. The number of ether oxygens (including phenoxy) is 4. The van der Waals surface area contributed by atoms with Crippen LogP contribution in [-0.4, -0.2) is 108 Å². The molecule has 0 aromatic carbocycles. The van der Waals surface area contributed by atoms with Gasteiger partial charge >= 0.3 is 12.1 Å². The Kier molecular flexibility index (Phi) is 8.36. The summed E-state index contributed by atoms with van der Waals surface area (Å²) in [5, 5.41) is 12.8. The van der Waals surface area contributed by atoms with Gasteiger partial charge in [0.2, 0.25) is 0 Å². The summed E-state index contributed by atoms with van der Waals surface area (Å²) >= 11 is 1.70. The molecule has 0 spiro atoms. The molecule has 3 fully saturated rings. The third-order valence-corrected chi connectivity index (χ3v) is 8.72. The minimum atomic E-state index is -0.868. The van der Waals surface area contributed by atoms with Crippen molar-refractivity contribution in [2.24, 2.45) is 0 Å². The lowest BCUT2D eigenvalue weighted by atomic mass is 10.0. The molecule has 1 amide bonds. The molecule has 0 bridgehead atoms. The summed E-state index contributed by atoms with van der Waals surface area (Å²) in [4.78, 5) is 38.7. The topological polar surface area (TPSA) is 176 Å². The highest BCUT2D eigenvalue weighted by atomic mass is 32.2. The number of imidazole rings is 1. The molecule has 6 atom stereocenters. The number of thioether (sulfide) groups is 1. The van der Waals surface area contributed by atoms with Crippen LogP contribution < -0.4 is 11.1 Å². The molecule has 5 rings (SSSR count). The van der Waals surface area contributed by atoms with Gasteiger partial charge in [-0.3, -0.25) is 14.3 Å². The van der Waals surface area contributed by atoms with E-state index >= 15 is 0 Å². The van der Waals surface area contributed by atoms with Crippen LogP contribution in [0.3, 0.4) is 0 Å². The van der Waals surface area contributed by atoms with E-state index in [0.29, 0.717) is 48.8 Å². The van der Waals surface area contributed by atoms with Gasteiger partial charge in [0.1, 0.15) is 35.7 Å². The molecule has 3 saturated heterocycles. The van der Waals surface area contributed by atoms with Gasteiger partial charge in [0.15, 0.2) is 23.5 Å². The summed E-state index contributed by atoms with van der Waals surface area (Å²) < 4.78 is 26.1. The van der Waals surface area contributed by atoms with Crippen LogP contribution >= 0.6 is 11.8 Å². The van der Waals surface area contributed by atoms with E-state index in [1.165, 1.54) is 6.33 Å². The summed E-state index contributed by atoms with van der Waals surface area (Å²) in [6.07, 6.45) is 2.33. The van der Waals surface area contributed by atoms with Gasteiger partial charge < -0.3 is 35.1 Å². The van der Waals surface area contributed by atoms with Gasteiger partial charge in [0.05, 0.1) is 12.4 Å². The number of hydrogen-bond donors (Lipinski definition) is 3. The molecular weight excluding hydrogens is 554 g/mol. The SMILES string of the molecule is CC(C)(C)OC(=O)NCCN1CCC(SC[C@H]2O[C@@H](n3cnc4c(N)ncnc43)[C@H]3OC(C)(C)OC23)CC1C(=O)O. The Labute approximate surface area is 242 Å². The maximum atomic E-state index is 12.1. The van der Waals surface area contributed by atoms with Gasteiger partial charge in [-0.25, -0.2) is 19.7 Å². The van der Waals surface area contributed by atoms with E-state index in [-0.39, 0.29) is 23.6 Å². The van der Waals surface area contributed by atoms with E-state index in [1.54, 1.807) is 38.9 Å². The van der Waals surface area contributed by atoms with E-state index < -0.39 is 35.7 Å². The Morgan fingerprint density at radius 2 is 2.00 bits per heavy atom. The molecule has 14 nitrogen and oxygen atoms in total. The minimum absolute atomic E-state index is 0.129. The highest BCUT2D eigenvalue weighted by Gasteiger charge is 2.56. The van der Waals surface area contributed by atoms with Gasteiger partial charge in [0.25, 0.3) is 0 Å². The summed E-state index contributed by atoms with van der Waals surface area (Å²) in [7, 11) is 0. The van der Waals surface area contributed by atoms with E-state index in [2.05, 4.69) is 20.3 Å². The molecule has 5 heterocycles. The molecular formula is C26H39N7O7S. The molecule has 0 saturated carbocycles. The molecule has 41 heavy (non-hydrogen) atoms. The number of likely N-dealkylation sites (tertiary alicyclic amines) is 1. The molecule has 4 N–H and O–H groups in total. The third kappa shape index (κ3) is 6.69. The number of alkyl carbamates (subject to hydrolysis) is 1. The van der Waals surface area contributed by atoms with Crippen molar-refractivity contribution < 1.29 is 33.6 Å². The second-order valence-corrected chi connectivity index (χ2v) is 13.3. The highest BCUT2D eigenvalue weighted by Crippen LogP contribution is 2.45. The van der Waals surface area contributed by atoms with Crippen LogP contribution in [0.25, 0.3) is 11.2 Å². The Morgan fingerprint density at radius 3 is 2.73 bits per heavy atom. The van der Waals surface area contributed by atoms with Crippen LogP contribution in [0.4, 0.5) is 10.6 Å². The number of carbonyl (C=O) groups excluding carboxylic acids is 1. The van der Waals surface area contributed by atoms with Crippen LogP contribution in [0.1, 0.15) is 53.7 Å². The van der Waals surface area contributed by atoms with Crippen molar-refractivity contribution in [3.05, 3.63) is 12.7 Å². The van der Waals surface area contributed by atoms with E-state index in [9.17, 15) is 14.7 Å². The summed E-state index contributed by atoms with van der Waals surface area (Å²) in [6.45, 7) is 10.5. The van der Waals surface area contributed by atoms with Crippen molar-refractivity contribution in [2.45, 2.75) is 94.7 Å². The molecule has 226 valence electrons. The molecule has 3 unspecified atom stereocenters. The fourth-order valence-corrected chi connectivity index (χ4v) is 6.90. The van der Waals surface area contributed by atoms with Crippen LogP contribution in [0.5, 0.6) is 0 Å². The molecule has 2 aromatic heterocycles. The number of aliphatic carboxylic acids is 1. The minimum Gasteiger partial charge on any atom is -0.480 e. The number of hydrogen-bond acceptors (Lipinski definition) is 12. The number of nitrogen functional groups attached to an aromatic ring is 1. The maximum absolute atomic E-state index is 12.1. The standard InChI is InChI=1S/C26H39N7O7S/c1-25(2,3)40-24(36)28-7-9-32-8-6-14(10-15(32)23(34)35)41-11-16-18-19(39-26(4,5)38-18)22(37-16)33-13-31-17-20(27)29-12-30-21(17)33/h12-16,18-19,22H,6-11H2,1-5H3,(H,28,36)(H,34,35)(H2,27,29,30)/t14?,15?,16-,18?,19+,22-/m1/s1. The van der Waals surface area contributed by atoms with E-state index in [1.807, 2.05) is 23.3 Å². The van der Waals surface area contributed by atoms with Crippen LogP contribution in [0.2, 0.25) is 0 Å². The first-order valence-corrected chi connectivity index (χ1v) is 14.9. The van der Waals surface area contributed by atoms with Crippen molar-refractivity contribution in [1.82, 2.24) is 29.7 Å². The fraction of sp³-hybridized carbons (Fsp3) is 0.731. The highest BCUT2D eigenvalue weighted by molar-refractivity contribution is 7.99. The van der Waals surface area contributed by atoms with Crippen molar-refractivity contribution in [1.29, 1.82) is 0 Å². The average molecular weight is 594 g/mol. The number of fused-ring (bicyclic) bond motifs is 2. The summed E-state index contributed by atoms with van der Waals surface area (Å²) in [5.74, 6) is -0.748. The van der Waals surface area contributed by atoms with Crippen LogP contribution in [-0.2, 0) is 23.7 Å². The Hall–Kier alpha value is -2.72. The smallest absolute Gasteiger partial charge is 0.407 e. The monoisotopic (exact) mass is 593 g/mol. The van der Waals surface area contributed by atoms with Gasteiger partial charge in [0, 0.05) is 30.6 Å². The van der Waals surface area contributed by atoms with E-state index in [4.69, 9.17) is 24.7 Å². The quantitative estimate of drug-likeness (QED) is 0.405. The lowest BCUT2D eigenvalue weighted by molar-refractivity contribution is -0.193. The number of rotatable bonds is 8. The number of anilines is 1.